The zero-order chi connectivity index (χ0) is 33.6. The number of carbonyl (C=O) groups excluding carboxylic acids is 3. The molecule has 1 aromatic carbocycles. The van der Waals surface area contributed by atoms with Gasteiger partial charge in [0.05, 0.1) is 35.4 Å². The first kappa shape index (κ1) is 35.0. The van der Waals surface area contributed by atoms with Crippen molar-refractivity contribution >= 4 is 35.2 Å². The summed E-state index contributed by atoms with van der Waals surface area (Å²) in [7, 11) is 0. The molecule has 0 unspecified atom stereocenters. The van der Waals surface area contributed by atoms with E-state index in [0.29, 0.717) is 11.3 Å². The van der Waals surface area contributed by atoms with E-state index in [0.717, 1.165) is 16.1 Å². The molecular weight excluding hydrogens is 621 g/mol. The van der Waals surface area contributed by atoms with E-state index in [1.54, 1.807) is 26.3 Å². The first-order chi connectivity index (χ1) is 21.7. The van der Waals surface area contributed by atoms with E-state index >= 15 is 0 Å². The Morgan fingerprint density at radius 3 is 2.54 bits per heavy atom. The van der Waals surface area contributed by atoms with Crippen LogP contribution in [0.2, 0.25) is 0 Å². The normalized spacial score (nSPS) is 19.3. The molecule has 4 amide bonds. The van der Waals surface area contributed by atoms with Crippen molar-refractivity contribution in [2.45, 2.75) is 77.4 Å². The first-order valence-corrected chi connectivity index (χ1v) is 16.0. The molecule has 0 radical (unpaired) electrons. The minimum Gasteiger partial charge on any atom is -0.491 e. The third-order valence-corrected chi connectivity index (χ3v) is 8.86. The van der Waals surface area contributed by atoms with Crippen molar-refractivity contribution in [2.75, 3.05) is 32.9 Å². The van der Waals surface area contributed by atoms with Crippen LogP contribution in [0.5, 0.6) is 5.75 Å². The van der Waals surface area contributed by atoms with Crippen molar-refractivity contribution in [1.82, 2.24) is 25.8 Å². The molecule has 15 heteroatoms. The van der Waals surface area contributed by atoms with Gasteiger partial charge in [-0.25, -0.2) is 14.2 Å². The van der Waals surface area contributed by atoms with Crippen LogP contribution < -0.4 is 20.7 Å². The molecule has 5 N–H and O–H groups in total. The molecule has 0 spiro atoms. The number of nitrogens with one attached hydrogen (secondary N) is 3. The largest absolute Gasteiger partial charge is 0.491 e. The standard InChI is InChI=1S/C31H42FN5O8S/c1-18-24(46-17-35-18)19-5-6-20(23(13-19)45-12-11-44-10-9-33-29(42)43)15-34-26(39)22-14-21(38)16-37(22)27(40)25(30(2,3)4)36-28(41)31(32)7-8-31/h5-6,13,17,21-22,25,33,38H,7-12,14-16H2,1-4H3,(H,34,39)(H,36,41)(H,42,43)/t21-,22+,25-/m1/s1. The number of amides is 4. The van der Waals surface area contributed by atoms with Gasteiger partial charge in [0.15, 0.2) is 5.67 Å². The van der Waals surface area contributed by atoms with Gasteiger partial charge in [-0.3, -0.25) is 14.4 Å². The second-order valence-electron chi connectivity index (χ2n) is 12.6. The summed E-state index contributed by atoms with van der Waals surface area (Å²) in [5, 5.41) is 26.8. The van der Waals surface area contributed by atoms with Gasteiger partial charge in [0.25, 0.3) is 5.91 Å². The maximum Gasteiger partial charge on any atom is 0.404 e. The van der Waals surface area contributed by atoms with Crippen LogP contribution in [0.1, 0.15) is 51.3 Å². The molecule has 1 saturated heterocycles. The van der Waals surface area contributed by atoms with Crippen LogP contribution in [-0.4, -0.2) is 101 Å². The molecule has 1 aliphatic heterocycles. The molecule has 0 bridgehead atoms. The molecule has 1 aromatic heterocycles. The number of likely N-dealkylation sites (tertiary alicyclic amines) is 1. The second kappa shape index (κ2) is 14.7. The van der Waals surface area contributed by atoms with Crippen LogP contribution in [0.3, 0.4) is 0 Å². The van der Waals surface area contributed by atoms with Crippen molar-refractivity contribution in [2.24, 2.45) is 5.41 Å². The number of aliphatic hydroxyl groups excluding tert-OH is 1. The highest BCUT2D eigenvalue weighted by atomic mass is 32.1. The fourth-order valence-electron chi connectivity index (χ4n) is 5.12. The van der Waals surface area contributed by atoms with Crippen molar-refractivity contribution in [3.63, 3.8) is 0 Å². The number of hydrogen-bond acceptors (Lipinski definition) is 9. The Balaban J connectivity index is 1.44. The van der Waals surface area contributed by atoms with E-state index < -0.39 is 53.1 Å². The summed E-state index contributed by atoms with van der Waals surface area (Å²) >= 11 is 1.48. The van der Waals surface area contributed by atoms with E-state index in [-0.39, 0.29) is 58.7 Å². The molecule has 4 rings (SSSR count). The van der Waals surface area contributed by atoms with E-state index in [9.17, 15) is 28.7 Å². The van der Waals surface area contributed by atoms with Crippen LogP contribution in [-0.2, 0) is 25.7 Å². The van der Waals surface area contributed by atoms with Crippen molar-refractivity contribution in [3.05, 3.63) is 35.0 Å². The smallest absolute Gasteiger partial charge is 0.404 e. The minimum atomic E-state index is -1.97. The number of benzene rings is 1. The Hall–Kier alpha value is -3.82. The number of rotatable bonds is 14. The van der Waals surface area contributed by atoms with Crippen LogP contribution in [0.4, 0.5) is 9.18 Å². The number of carboxylic acid groups (broad SMARTS) is 1. The summed E-state index contributed by atoms with van der Waals surface area (Å²) in [5.74, 6) is -1.40. The predicted molar refractivity (Wildman–Crippen MR) is 167 cm³/mol. The fourth-order valence-corrected chi connectivity index (χ4v) is 5.92. The molecule has 46 heavy (non-hydrogen) atoms. The lowest BCUT2D eigenvalue weighted by Gasteiger charge is -2.35. The molecule has 2 aliphatic rings. The van der Waals surface area contributed by atoms with Gasteiger partial charge in [-0.1, -0.05) is 32.9 Å². The summed E-state index contributed by atoms with van der Waals surface area (Å²) in [4.78, 5) is 56.8. The number of β-amino-alcohol motifs (C(OH)–C–C–N with tert-alkyl or cyclic N) is 1. The number of hydrogen-bond donors (Lipinski definition) is 5. The molecule has 2 fully saturated rings. The summed E-state index contributed by atoms with van der Waals surface area (Å²) < 4.78 is 25.9. The average Bonchev–Trinajstić information content (AvgIpc) is 3.40. The van der Waals surface area contributed by atoms with E-state index in [2.05, 4.69) is 20.9 Å². The lowest BCUT2D eigenvalue weighted by molar-refractivity contribution is -0.145. The monoisotopic (exact) mass is 663 g/mol. The van der Waals surface area contributed by atoms with E-state index in [1.807, 2.05) is 25.1 Å². The Morgan fingerprint density at radius 2 is 1.91 bits per heavy atom. The number of nitrogens with zero attached hydrogens (tertiary/aromatic N) is 2. The van der Waals surface area contributed by atoms with E-state index in [4.69, 9.17) is 14.6 Å². The first-order valence-electron chi connectivity index (χ1n) is 15.2. The molecule has 3 atom stereocenters. The number of aliphatic hydroxyl groups is 1. The molecule has 2 heterocycles. The fraction of sp³-hybridized carbons (Fsp3) is 0.581. The molecule has 252 valence electrons. The summed E-state index contributed by atoms with van der Waals surface area (Å²) in [5.41, 5.74) is 1.39. The number of aryl methyl sites for hydroxylation is 1. The number of carbonyl (C=O) groups is 4. The van der Waals surface area contributed by atoms with Gasteiger partial charge in [0.1, 0.15) is 24.4 Å². The molecule has 2 aromatic rings. The molecular formula is C31H42FN5O8S. The van der Waals surface area contributed by atoms with Gasteiger partial charge < -0.3 is 40.5 Å². The summed E-state index contributed by atoms with van der Waals surface area (Å²) in [6.07, 6.45) is -1.86. The van der Waals surface area contributed by atoms with Gasteiger partial charge in [-0.15, -0.1) is 11.3 Å². The second-order valence-corrected chi connectivity index (χ2v) is 13.5. The van der Waals surface area contributed by atoms with Crippen LogP contribution >= 0.6 is 11.3 Å². The van der Waals surface area contributed by atoms with Gasteiger partial charge in [-0.05, 0) is 36.8 Å². The highest BCUT2D eigenvalue weighted by Gasteiger charge is 2.53. The van der Waals surface area contributed by atoms with Crippen molar-refractivity contribution in [3.8, 4) is 16.2 Å². The molecule has 1 saturated carbocycles. The third kappa shape index (κ3) is 8.91. The number of alkyl halides is 1. The zero-order valence-corrected chi connectivity index (χ0v) is 27.2. The highest BCUT2D eigenvalue weighted by molar-refractivity contribution is 7.13. The lowest BCUT2D eigenvalue weighted by Crippen LogP contribution is -2.59. The van der Waals surface area contributed by atoms with Crippen LogP contribution in [0.15, 0.2) is 23.7 Å². The van der Waals surface area contributed by atoms with Crippen molar-refractivity contribution in [1.29, 1.82) is 0 Å². The summed E-state index contributed by atoms with van der Waals surface area (Å²) in [6.45, 7) is 7.76. The number of ether oxygens (including phenoxy) is 2. The highest BCUT2D eigenvalue weighted by Crippen LogP contribution is 2.40. The summed E-state index contributed by atoms with van der Waals surface area (Å²) in [6, 6.07) is 3.47. The third-order valence-electron chi connectivity index (χ3n) is 7.88. The maximum absolute atomic E-state index is 14.5. The van der Waals surface area contributed by atoms with Crippen molar-refractivity contribution < 1.29 is 43.3 Å². The average molecular weight is 664 g/mol. The van der Waals surface area contributed by atoms with Gasteiger partial charge >= 0.3 is 6.09 Å². The molecule has 1 aliphatic carbocycles. The van der Waals surface area contributed by atoms with E-state index in [1.165, 1.54) is 16.2 Å². The number of halogens is 1. The number of thiazole rings is 1. The lowest BCUT2D eigenvalue weighted by atomic mass is 9.85. The van der Waals surface area contributed by atoms with Gasteiger partial charge in [-0.2, -0.15) is 0 Å². The van der Waals surface area contributed by atoms with Gasteiger partial charge in [0, 0.05) is 31.6 Å². The maximum atomic E-state index is 14.5. The Kier molecular flexibility index (Phi) is 11.2. The Morgan fingerprint density at radius 1 is 1.17 bits per heavy atom. The number of aromatic nitrogens is 1. The topological polar surface area (TPSA) is 179 Å². The predicted octanol–water partition coefficient (Wildman–Crippen LogP) is 2.39. The quantitative estimate of drug-likeness (QED) is 0.190. The zero-order valence-electron chi connectivity index (χ0n) is 26.4. The van der Waals surface area contributed by atoms with Crippen LogP contribution in [0.25, 0.3) is 10.4 Å². The Labute approximate surface area is 270 Å². The minimum absolute atomic E-state index is 0.0104. The SMILES string of the molecule is Cc1ncsc1-c1ccc(CNC(=O)[C@@H]2C[C@@H](O)CN2C(=O)[C@@H](NC(=O)C2(F)CC2)C(C)(C)C)c(OCCOCCNC(=O)O)c1. The van der Waals surface area contributed by atoms with Crippen LogP contribution in [0, 0.1) is 12.3 Å². The molecule has 13 nitrogen and oxygen atoms in total. The van der Waals surface area contributed by atoms with Gasteiger partial charge in [0.2, 0.25) is 11.8 Å². The Bertz CT molecular complexity index is 1430.